The highest BCUT2D eigenvalue weighted by molar-refractivity contribution is 6.33. The molecule has 3 N–H and O–H groups in total. The zero-order valence-corrected chi connectivity index (χ0v) is 11.4. The Morgan fingerprint density at radius 2 is 2.05 bits per heavy atom. The summed E-state index contributed by atoms with van der Waals surface area (Å²) < 4.78 is 0. The number of carbonyl (C=O) groups is 1. The Balaban J connectivity index is 2.07. The van der Waals surface area contributed by atoms with Gasteiger partial charge in [0.2, 0.25) is 0 Å². The van der Waals surface area contributed by atoms with Gasteiger partial charge in [0.1, 0.15) is 11.5 Å². The highest BCUT2D eigenvalue weighted by Crippen LogP contribution is 2.15. The molecule has 0 saturated carbocycles. The van der Waals surface area contributed by atoms with Crippen molar-refractivity contribution in [3.8, 4) is 0 Å². The third-order valence-electron chi connectivity index (χ3n) is 2.42. The number of halogens is 2. The Bertz CT molecular complexity index is 617. The van der Waals surface area contributed by atoms with Gasteiger partial charge in [-0.1, -0.05) is 35.3 Å². The molecule has 0 unspecified atom stereocenters. The van der Waals surface area contributed by atoms with Gasteiger partial charge < -0.3 is 11.1 Å². The monoisotopic (exact) mass is 295 g/mol. The Morgan fingerprint density at radius 3 is 2.79 bits per heavy atom. The van der Waals surface area contributed by atoms with E-state index in [1.807, 2.05) is 12.1 Å². The number of hydrogen-bond acceptors (Lipinski definition) is 3. The highest BCUT2D eigenvalue weighted by atomic mass is 35.5. The maximum Gasteiger partial charge on any atom is 0.271 e. The van der Waals surface area contributed by atoms with Crippen molar-refractivity contribution < 1.29 is 4.79 Å². The van der Waals surface area contributed by atoms with Gasteiger partial charge in [-0.2, -0.15) is 0 Å². The number of nitrogen functional groups attached to an aromatic ring is 1. The number of nitrogens with two attached hydrogens (primary N) is 1. The fourth-order valence-corrected chi connectivity index (χ4v) is 1.93. The van der Waals surface area contributed by atoms with Crippen molar-refractivity contribution >= 4 is 34.9 Å². The maximum absolute atomic E-state index is 11.9. The number of carbonyl (C=O) groups excluding carboxylic acids is 1. The first kappa shape index (κ1) is 13.6. The molecule has 2 aromatic rings. The zero-order valence-electron chi connectivity index (χ0n) is 9.86. The number of pyridine rings is 1. The summed E-state index contributed by atoms with van der Waals surface area (Å²) in [5.74, 6) is -0.130. The number of hydrogen-bond donors (Lipinski definition) is 2. The molecule has 0 atom stereocenters. The van der Waals surface area contributed by atoms with Crippen LogP contribution in [0, 0.1) is 0 Å². The van der Waals surface area contributed by atoms with Gasteiger partial charge in [-0.3, -0.25) is 4.79 Å². The summed E-state index contributed by atoms with van der Waals surface area (Å²) in [6, 6.07) is 10.3. The van der Waals surface area contributed by atoms with Gasteiger partial charge in [0.25, 0.3) is 5.91 Å². The summed E-state index contributed by atoms with van der Waals surface area (Å²) in [5.41, 5.74) is 6.53. The second kappa shape index (κ2) is 5.91. The normalized spacial score (nSPS) is 10.2. The smallest absolute Gasteiger partial charge is 0.271 e. The molecule has 0 radical (unpaired) electrons. The van der Waals surface area contributed by atoms with Crippen LogP contribution in [-0.2, 0) is 6.54 Å². The summed E-state index contributed by atoms with van der Waals surface area (Å²) in [7, 11) is 0. The minimum atomic E-state index is -0.378. The van der Waals surface area contributed by atoms with Gasteiger partial charge >= 0.3 is 0 Å². The van der Waals surface area contributed by atoms with Gasteiger partial charge in [0.05, 0.1) is 5.02 Å². The SMILES string of the molecule is Nc1ccc(Cl)c(C(=O)NCc2cccc(Cl)c2)n1. The summed E-state index contributed by atoms with van der Waals surface area (Å²) >= 11 is 11.8. The van der Waals surface area contributed by atoms with E-state index in [4.69, 9.17) is 28.9 Å². The average molecular weight is 296 g/mol. The molecule has 0 aliphatic carbocycles. The van der Waals surface area contributed by atoms with Gasteiger partial charge in [0.15, 0.2) is 0 Å². The highest BCUT2D eigenvalue weighted by Gasteiger charge is 2.12. The van der Waals surface area contributed by atoms with Crippen LogP contribution in [0.2, 0.25) is 10.0 Å². The Morgan fingerprint density at radius 1 is 1.26 bits per heavy atom. The maximum atomic E-state index is 11.9. The van der Waals surface area contributed by atoms with Gasteiger partial charge in [0, 0.05) is 11.6 Å². The summed E-state index contributed by atoms with van der Waals surface area (Å²) in [6.45, 7) is 0.339. The molecule has 1 aromatic carbocycles. The lowest BCUT2D eigenvalue weighted by atomic mass is 10.2. The van der Waals surface area contributed by atoms with E-state index >= 15 is 0 Å². The number of aromatic nitrogens is 1. The van der Waals surface area contributed by atoms with E-state index in [9.17, 15) is 4.79 Å². The molecule has 0 fully saturated rings. The van der Waals surface area contributed by atoms with E-state index in [0.29, 0.717) is 11.6 Å². The summed E-state index contributed by atoms with van der Waals surface area (Å²) in [4.78, 5) is 15.8. The van der Waals surface area contributed by atoms with Crippen LogP contribution in [0.5, 0.6) is 0 Å². The first-order valence-electron chi connectivity index (χ1n) is 5.51. The lowest BCUT2D eigenvalue weighted by Crippen LogP contribution is -2.24. The fraction of sp³-hybridized carbons (Fsp3) is 0.0769. The Labute approximate surface area is 120 Å². The van der Waals surface area contributed by atoms with E-state index < -0.39 is 0 Å². The Hall–Kier alpha value is -1.78. The summed E-state index contributed by atoms with van der Waals surface area (Å²) in [6.07, 6.45) is 0. The molecule has 19 heavy (non-hydrogen) atoms. The molecule has 1 heterocycles. The third kappa shape index (κ3) is 3.59. The van der Waals surface area contributed by atoms with Crippen LogP contribution in [0.3, 0.4) is 0 Å². The first-order valence-corrected chi connectivity index (χ1v) is 6.26. The minimum absolute atomic E-state index is 0.115. The number of rotatable bonds is 3. The lowest BCUT2D eigenvalue weighted by molar-refractivity contribution is 0.0946. The van der Waals surface area contributed by atoms with E-state index in [0.717, 1.165) is 5.56 Å². The van der Waals surface area contributed by atoms with Crippen LogP contribution in [0.15, 0.2) is 36.4 Å². The molecule has 2 rings (SSSR count). The molecule has 0 saturated heterocycles. The molecule has 0 bridgehead atoms. The lowest BCUT2D eigenvalue weighted by Gasteiger charge is -2.07. The van der Waals surface area contributed by atoms with Crippen molar-refractivity contribution in [1.82, 2.24) is 10.3 Å². The molecular weight excluding hydrogens is 285 g/mol. The molecule has 1 aromatic heterocycles. The quantitative estimate of drug-likeness (QED) is 0.915. The molecule has 98 valence electrons. The molecule has 0 aliphatic heterocycles. The number of amides is 1. The van der Waals surface area contributed by atoms with Crippen LogP contribution >= 0.6 is 23.2 Å². The second-order valence-electron chi connectivity index (χ2n) is 3.88. The number of anilines is 1. The van der Waals surface area contributed by atoms with E-state index in [2.05, 4.69) is 10.3 Å². The summed E-state index contributed by atoms with van der Waals surface area (Å²) in [5, 5.41) is 3.59. The van der Waals surface area contributed by atoms with E-state index in [-0.39, 0.29) is 22.4 Å². The molecule has 1 amide bonds. The zero-order chi connectivity index (χ0) is 13.8. The van der Waals surface area contributed by atoms with Crippen LogP contribution in [0.4, 0.5) is 5.82 Å². The average Bonchev–Trinajstić information content (AvgIpc) is 2.39. The number of nitrogens with zero attached hydrogens (tertiary/aromatic N) is 1. The van der Waals surface area contributed by atoms with E-state index in [1.54, 1.807) is 12.1 Å². The van der Waals surface area contributed by atoms with Crippen molar-refractivity contribution in [3.05, 3.63) is 57.7 Å². The predicted octanol–water partition coefficient (Wildman–Crippen LogP) is 2.90. The van der Waals surface area contributed by atoms with Crippen LogP contribution in [-0.4, -0.2) is 10.9 Å². The molecular formula is C13H11Cl2N3O. The van der Waals surface area contributed by atoms with Crippen molar-refractivity contribution in [2.45, 2.75) is 6.54 Å². The molecule has 0 aliphatic rings. The van der Waals surface area contributed by atoms with Crippen LogP contribution in [0.1, 0.15) is 16.1 Å². The van der Waals surface area contributed by atoms with Crippen LogP contribution < -0.4 is 11.1 Å². The number of benzene rings is 1. The van der Waals surface area contributed by atoms with E-state index in [1.165, 1.54) is 12.1 Å². The third-order valence-corrected chi connectivity index (χ3v) is 2.96. The Kier molecular flexibility index (Phi) is 4.24. The predicted molar refractivity (Wildman–Crippen MR) is 76.3 cm³/mol. The first-order chi connectivity index (χ1) is 9.06. The standard InChI is InChI=1S/C13H11Cl2N3O/c14-9-3-1-2-8(6-9)7-17-13(19)12-10(15)4-5-11(16)18-12/h1-6H,7H2,(H2,16,18)(H,17,19). The molecule has 0 spiro atoms. The van der Waals surface area contributed by atoms with Crippen LogP contribution in [0.25, 0.3) is 0 Å². The van der Waals surface area contributed by atoms with Crippen molar-refractivity contribution in [3.63, 3.8) is 0 Å². The van der Waals surface area contributed by atoms with Crippen molar-refractivity contribution in [2.24, 2.45) is 0 Å². The number of nitrogens with one attached hydrogen (secondary N) is 1. The minimum Gasteiger partial charge on any atom is -0.384 e. The molecule has 4 nitrogen and oxygen atoms in total. The molecule has 6 heteroatoms. The fourth-order valence-electron chi connectivity index (χ4n) is 1.53. The topological polar surface area (TPSA) is 68.0 Å². The van der Waals surface area contributed by atoms with Gasteiger partial charge in [-0.25, -0.2) is 4.98 Å². The van der Waals surface area contributed by atoms with Crippen molar-refractivity contribution in [1.29, 1.82) is 0 Å². The second-order valence-corrected chi connectivity index (χ2v) is 4.72. The van der Waals surface area contributed by atoms with Gasteiger partial charge in [-0.05, 0) is 29.8 Å². The largest absolute Gasteiger partial charge is 0.384 e. The van der Waals surface area contributed by atoms with Gasteiger partial charge in [-0.15, -0.1) is 0 Å². The van der Waals surface area contributed by atoms with Crippen molar-refractivity contribution in [2.75, 3.05) is 5.73 Å².